The normalized spacial score (nSPS) is 18.3. The van der Waals surface area contributed by atoms with Gasteiger partial charge in [0.15, 0.2) is 0 Å². The van der Waals surface area contributed by atoms with E-state index in [-0.39, 0.29) is 18.4 Å². The Kier molecular flexibility index (Phi) is 6.95. The number of amides is 2. The van der Waals surface area contributed by atoms with Gasteiger partial charge in [-0.3, -0.25) is 24.5 Å². The van der Waals surface area contributed by atoms with Crippen LogP contribution in [-0.4, -0.2) is 53.4 Å². The molecule has 170 valence electrons. The van der Waals surface area contributed by atoms with Crippen molar-refractivity contribution in [3.05, 3.63) is 78.9 Å². The summed E-state index contributed by atoms with van der Waals surface area (Å²) in [6.45, 7) is 1.38. The quantitative estimate of drug-likeness (QED) is 0.580. The lowest BCUT2D eigenvalue weighted by Gasteiger charge is -2.40. The highest BCUT2D eigenvalue weighted by atomic mass is 16.5. The summed E-state index contributed by atoms with van der Waals surface area (Å²) >= 11 is 0. The maximum absolute atomic E-state index is 12.9. The number of carbonyl (C=O) groups is 2. The second kappa shape index (κ2) is 10.2. The monoisotopic (exact) mass is 445 g/mol. The van der Waals surface area contributed by atoms with Crippen molar-refractivity contribution in [2.24, 2.45) is 0 Å². The summed E-state index contributed by atoms with van der Waals surface area (Å²) in [5, 5.41) is 5.71. The van der Waals surface area contributed by atoms with Crippen LogP contribution in [0.3, 0.4) is 0 Å². The number of likely N-dealkylation sites (N-methyl/N-ethyl adjacent to an activating group) is 1. The number of likely N-dealkylation sites (tertiary alicyclic amines) is 1. The fraction of sp³-hybridized carbons (Fsp3) is 0.280. The first kappa shape index (κ1) is 22.4. The Morgan fingerprint density at radius 1 is 1.06 bits per heavy atom. The molecule has 0 aliphatic carbocycles. The van der Waals surface area contributed by atoms with Gasteiger partial charge in [0.2, 0.25) is 11.8 Å². The highest BCUT2D eigenvalue weighted by Crippen LogP contribution is 2.33. The van der Waals surface area contributed by atoms with Crippen LogP contribution in [0.5, 0.6) is 11.5 Å². The van der Waals surface area contributed by atoms with Crippen LogP contribution in [0, 0.1) is 0 Å². The van der Waals surface area contributed by atoms with E-state index >= 15 is 0 Å². The number of carbonyl (C=O) groups excluding carboxylic acids is 2. The lowest BCUT2D eigenvalue weighted by atomic mass is 9.75. The Bertz CT molecular complexity index is 1080. The number of piperidine rings is 1. The van der Waals surface area contributed by atoms with Crippen LogP contribution in [0.15, 0.2) is 73.2 Å². The van der Waals surface area contributed by atoms with Gasteiger partial charge in [-0.1, -0.05) is 6.07 Å². The highest BCUT2D eigenvalue weighted by Gasteiger charge is 2.44. The molecule has 4 rings (SSSR count). The lowest BCUT2D eigenvalue weighted by Crippen LogP contribution is -2.55. The first-order valence-corrected chi connectivity index (χ1v) is 10.9. The van der Waals surface area contributed by atoms with Crippen molar-refractivity contribution < 1.29 is 14.3 Å². The second-order valence-corrected chi connectivity index (χ2v) is 8.05. The zero-order chi connectivity index (χ0) is 23.1. The lowest BCUT2D eigenvalue weighted by molar-refractivity contribution is -0.130. The topological polar surface area (TPSA) is 96.5 Å². The van der Waals surface area contributed by atoms with Crippen molar-refractivity contribution >= 4 is 17.5 Å². The Morgan fingerprint density at radius 2 is 1.91 bits per heavy atom. The molecule has 2 aromatic heterocycles. The summed E-state index contributed by atoms with van der Waals surface area (Å²) in [7, 11) is 1.64. The van der Waals surface area contributed by atoms with E-state index in [0.29, 0.717) is 30.2 Å². The summed E-state index contributed by atoms with van der Waals surface area (Å²) in [6, 6.07) is 16.4. The van der Waals surface area contributed by atoms with Gasteiger partial charge in [0, 0.05) is 31.7 Å². The van der Waals surface area contributed by atoms with Crippen LogP contribution >= 0.6 is 0 Å². The molecular formula is C25H27N5O3. The van der Waals surface area contributed by atoms with Crippen LogP contribution in [0.25, 0.3) is 0 Å². The number of rotatable bonds is 7. The van der Waals surface area contributed by atoms with Crippen molar-refractivity contribution in [1.29, 1.82) is 0 Å². The number of nitrogens with zero attached hydrogens (tertiary/aromatic N) is 3. The zero-order valence-corrected chi connectivity index (χ0v) is 18.5. The summed E-state index contributed by atoms with van der Waals surface area (Å²) in [4.78, 5) is 36.1. The largest absolute Gasteiger partial charge is 0.456 e. The van der Waals surface area contributed by atoms with Crippen LogP contribution in [0.1, 0.15) is 18.5 Å². The van der Waals surface area contributed by atoms with Crippen molar-refractivity contribution in [3.63, 3.8) is 0 Å². The predicted molar refractivity (Wildman–Crippen MR) is 125 cm³/mol. The molecule has 1 saturated heterocycles. The van der Waals surface area contributed by atoms with Gasteiger partial charge in [0.1, 0.15) is 16.9 Å². The molecule has 0 spiro atoms. The van der Waals surface area contributed by atoms with Crippen molar-refractivity contribution in [2.45, 2.75) is 18.3 Å². The second-order valence-electron chi connectivity index (χ2n) is 8.05. The molecule has 1 fully saturated rings. The highest BCUT2D eigenvalue weighted by molar-refractivity contribution is 5.92. The third-order valence-corrected chi connectivity index (χ3v) is 5.76. The van der Waals surface area contributed by atoms with E-state index in [2.05, 4.69) is 20.6 Å². The van der Waals surface area contributed by atoms with E-state index in [9.17, 15) is 9.59 Å². The van der Waals surface area contributed by atoms with E-state index in [1.165, 1.54) is 0 Å². The van der Waals surface area contributed by atoms with E-state index in [1.54, 1.807) is 56.0 Å². The van der Waals surface area contributed by atoms with Crippen LogP contribution < -0.4 is 15.4 Å². The number of ether oxygens (including phenoxy) is 1. The number of benzene rings is 1. The standard InChI is InChI=1S/C25H27N5O3/c1-26-24(32)25(22-7-2-3-14-28-22)12-5-15-30(18-25)17-23(31)29-19-8-10-20(11-9-19)33-21-6-4-13-27-16-21/h2-4,6-11,13-14,16H,5,12,15,17-18H2,1H3,(H,26,32)(H,29,31). The molecule has 0 saturated carbocycles. The van der Waals surface area contributed by atoms with Crippen molar-refractivity contribution in [1.82, 2.24) is 20.2 Å². The number of nitrogens with one attached hydrogen (secondary N) is 2. The van der Waals surface area contributed by atoms with Gasteiger partial charge in [-0.05, 0) is 67.9 Å². The van der Waals surface area contributed by atoms with E-state index in [4.69, 9.17) is 4.74 Å². The van der Waals surface area contributed by atoms with Crippen LogP contribution in [-0.2, 0) is 15.0 Å². The Balaban J connectivity index is 1.38. The van der Waals surface area contributed by atoms with Gasteiger partial charge >= 0.3 is 0 Å². The van der Waals surface area contributed by atoms with Gasteiger partial charge in [0.05, 0.1) is 18.4 Å². The number of pyridine rings is 2. The molecule has 1 atom stereocenters. The number of hydrogen-bond donors (Lipinski definition) is 2. The first-order chi connectivity index (χ1) is 16.1. The van der Waals surface area contributed by atoms with Gasteiger partial charge in [-0.2, -0.15) is 0 Å². The van der Waals surface area contributed by atoms with Gasteiger partial charge in [-0.25, -0.2) is 0 Å². The number of hydrogen-bond acceptors (Lipinski definition) is 6. The van der Waals surface area contributed by atoms with Crippen LogP contribution in [0.4, 0.5) is 5.69 Å². The molecule has 1 aliphatic heterocycles. The molecule has 1 unspecified atom stereocenters. The summed E-state index contributed by atoms with van der Waals surface area (Å²) in [5.41, 5.74) is 0.649. The smallest absolute Gasteiger partial charge is 0.238 e. The Morgan fingerprint density at radius 3 is 2.61 bits per heavy atom. The van der Waals surface area contributed by atoms with Gasteiger partial charge in [0.25, 0.3) is 0 Å². The molecule has 0 radical (unpaired) electrons. The molecular weight excluding hydrogens is 418 g/mol. The van der Waals surface area contributed by atoms with Crippen molar-refractivity contribution in [2.75, 3.05) is 32.0 Å². The van der Waals surface area contributed by atoms with Crippen molar-refractivity contribution in [3.8, 4) is 11.5 Å². The summed E-state index contributed by atoms with van der Waals surface area (Å²) in [6.07, 6.45) is 6.52. The Hall–Kier alpha value is -3.78. The van der Waals surface area contributed by atoms with Gasteiger partial charge in [-0.15, -0.1) is 0 Å². The third-order valence-electron chi connectivity index (χ3n) is 5.76. The number of aromatic nitrogens is 2. The fourth-order valence-electron chi connectivity index (χ4n) is 4.23. The molecule has 3 heterocycles. The molecule has 1 aromatic carbocycles. The number of anilines is 1. The van der Waals surface area contributed by atoms with E-state index in [1.807, 2.05) is 29.2 Å². The molecule has 8 nitrogen and oxygen atoms in total. The maximum atomic E-state index is 12.9. The van der Waals surface area contributed by atoms with Crippen LogP contribution in [0.2, 0.25) is 0 Å². The molecule has 33 heavy (non-hydrogen) atoms. The summed E-state index contributed by atoms with van der Waals surface area (Å²) < 4.78 is 5.73. The predicted octanol–water partition coefficient (Wildman–Crippen LogP) is 2.99. The average molecular weight is 446 g/mol. The first-order valence-electron chi connectivity index (χ1n) is 10.9. The van der Waals surface area contributed by atoms with E-state index in [0.717, 1.165) is 18.7 Å². The molecule has 8 heteroatoms. The molecule has 1 aliphatic rings. The fourth-order valence-corrected chi connectivity index (χ4v) is 4.23. The van der Waals surface area contributed by atoms with E-state index < -0.39 is 5.41 Å². The minimum Gasteiger partial charge on any atom is -0.456 e. The minimum atomic E-state index is -0.764. The molecule has 3 aromatic rings. The third kappa shape index (κ3) is 5.35. The van der Waals surface area contributed by atoms with Gasteiger partial charge < -0.3 is 15.4 Å². The minimum absolute atomic E-state index is 0.0736. The SMILES string of the molecule is CNC(=O)C1(c2ccccn2)CCCN(CC(=O)Nc2ccc(Oc3cccnc3)cc2)C1. The maximum Gasteiger partial charge on any atom is 0.238 e. The average Bonchev–Trinajstić information content (AvgIpc) is 2.86. The molecule has 2 N–H and O–H groups in total. The summed E-state index contributed by atoms with van der Waals surface area (Å²) in [5.74, 6) is 1.09. The molecule has 0 bridgehead atoms. The Labute approximate surface area is 193 Å². The zero-order valence-electron chi connectivity index (χ0n) is 18.5. The molecule has 2 amide bonds.